The average molecular weight is 220 g/mol. The molecule has 0 saturated heterocycles. The van der Waals surface area contributed by atoms with Crippen molar-refractivity contribution in [3.63, 3.8) is 0 Å². The molecule has 0 radical (unpaired) electrons. The molecule has 76 valence electrons. The average Bonchev–Trinajstić information content (AvgIpc) is 2.15. The molecule has 0 nitrogen and oxygen atoms in total. The molecule has 0 fully saturated rings. The number of rotatable bonds is 3. The van der Waals surface area contributed by atoms with Crippen LogP contribution in [0, 0.1) is 0 Å². The zero-order valence-electron chi connectivity index (χ0n) is 9.62. The van der Waals surface area contributed by atoms with Gasteiger partial charge in [-0.1, -0.05) is 67.4 Å². The van der Waals surface area contributed by atoms with Gasteiger partial charge >= 0.3 is 0 Å². The summed E-state index contributed by atoms with van der Waals surface area (Å²) in [6, 6.07) is 10.9. The molecule has 14 heavy (non-hydrogen) atoms. The fourth-order valence-corrected chi connectivity index (χ4v) is 6.08. The maximum atomic E-state index is 2.56. The van der Waals surface area contributed by atoms with E-state index in [0.29, 0.717) is 0 Å². The van der Waals surface area contributed by atoms with E-state index in [1.54, 1.807) is 5.20 Å². The van der Waals surface area contributed by atoms with Gasteiger partial charge in [0, 0.05) is 0 Å². The first-order chi connectivity index (χ1) is 6.61. The molecule has 0 N–H and O–H groups in total. The lowest BCUT2D eigenvalue weighted by Gasteiger charge is -2.12. The van der Waals surface area contributed by atoms with Crippen LogP contribution in [-0.4, -0.2) is 17.6 Å². The van der Waals surface area contributed by atoms with Crippen molar-refractivity contribution in [3.8, 4) is 0 Å². The van der Waals surface area contributed by atoms with Crippen molar-refractivity contribution in [2.75, 3.05) is 0 Å². The van der Waals surface area contributed by atoms with Crippen LogP contribution < -0.4 is 0 Å². The van der Waals surface area contributed by atoms with Gasteiger partial charge in [0.1, 0.15) is 0 Å². The molecule has 0 bridgehead atoms. The molecule has 1 rings (SSSR count). The molecule has 0 aliphatic carbocycles. The first-order valence-corrected chi connectivity index (χ1v) is 11.2. The van der Waals surface area contributed by atoms with Gasteiger partial charge in [0.25, 0.3) is 0 Å². The summed E-state index contributed by atoms with van der Waals surface area (Å²) in [5, 5.41) is 1.66. The number of hydrogen-bond acceptors (Lipinski definition) is 0. The highest BCUT2D eigenvalue weighted by Gasteiger charge is 2.07. The second kappa shape index (κ2) is 5.32. The maximum Gasteiger partial charge on any atom is 0.0645 e. The van der Waals surface area contributed by atoms with Crippen LogP contribution in [0.2, 0.25) is 26.2 Å². The highest BCUT2D eigenvalue weighted by Crippen LogP contribution is 2.17. The molecule has 0 aliphatic rings. The van der Waals surface area contributed by atoms with Crippen LogP contribution in [0.3, 0.4) is 0 Å². The molecule has 0 amide bonds. The molecular weight excluding hydrogens is 200 g/mol. The van der Waals surface area contributed by atoms with E-state index >= 15 is 0 Å². The van der Waals surface area contributed by atoms with E-state index in [0.717, 1.165) is 0 Å². The summed E-state index contributed by atoms with van der Waals surface area (Å²) < 4.78 is 0. The molecule has 0 atom stereocenters. The minimum atomic E-state index is -0.672. The molecule has 0 spiro atoms. The minimum Gasteiger partial charge on any atom is -0.0986 e. The van der Waals surface area contributed by atoms with Gasteiger partial charge in [-0.2, -0.15) is 0 Å². The predicted octanol–water partition coefficient (Wildman–Crippen LogP) is 3.12. The van der Waals surface area contributed by atoms with E-state index < -0.39 is 17.6 Å². The Balaban J connectivity index is 3.01. The summed E-state index contributed by atoms with van der Waals surface area (Å²) >= 11 is 0. The Labute approximate surface area is 90.9 Å². The SMILES string of the molecule is C[SiH](C)/C=C(/c1ccccc1)[SiH](C)C. The Morgan fingerprint density at radius 3 is 2.00 bits per heavy atom. The molecule has 0 saturated carbocycles. The molecule has 2 heteroatoms. The van der Waals surface area contributed by atoms with Gasteiger partial charge in [-0.05, 0) is 5.56 Å². The lowest BCUT2D eigenvalue weighted by Crippen LogP contribution is -2.08. The fourth-order valence-electron chi connectivity index (χ4n) is 1.61. The van der Waals surface area contributed by atoms with Crippen LogP contribution in [0.1, 0.15) is 5.56 Å². The van der Waals surface area contributed by atoms with E-state index in [4.69, 9.17) is 0 Å². The Kier molecular flexibility index (Phi) is 4.36. The third-order valence-electron chi connectivity index (χ3n) is 2.24. The zero-order chi connectivity index (χ0) is 10.6. The molecule has 0 unspecified atom stereocenters. The van der Waals surface area contributed by atoms with Gasteiger partial charge in [-0.15, -0.1) is 0 Å². The molecule has 1 aromatic rings. The van der Waals surface area contributed by atoms with Crippen LogP contribution in [-0.2, 0) is 0 Å². The molecule has 0 aliphatic heterocycles. The van der Waals surface area contributed by atoms with E-state index in [1.165, 1.54) is 5.56 Å². The van der Waals surface area contributed by atoms with Crippen molar-refractivity contribution in [1.29, 1.82) is 0 Å². The molecule has 1 aromatic carbocycles. The predicted molar refractivity (Wildman–Crippen MR) is 72.2 cm³/mol. The van der Waals surface area contributed by atoms with Gasteiger partial charge in [0.15, 0.2) is 0 Å². The summed E-state index contributed by atoms with van der Waals surface area (Å²) in [7, 11) is -1.25. The molecular formula is C12H20Si2. The van der Waals surface area contributed by atoms with Crippen LogP contribution in [0.25, 0.3) is 5.20 Å². The van der Waals surface area contributed by atoms with Crippen molar-refractivity contribution < 1.29 is 0 Å². The third-order valence-corrected chi connectivity index (χ3v) is 5.42. The smallest absolute Gasteiger partial charge is 0.0645 e. The van der Waals surface area contributed by atoms with E-state index in [2.05, 4.69) is 62.2 Å². The Morgan fingerprint density at radius 1 is 1.00 bits per heavy atom. The van der Waals surface area contributed by atoms with Crippen molar-refractivity contribution in [2.24, 2.45) is 0 Å². The number of hydrogen-bond donors (Lipinski definition) is 0. The summed E-state index contributed by atoms with van der Waals surface area (Å²) in [6.45, 7) is 9.60. The Bertz CT molecular complexity index is 299. The Hall–Kier alpha value is -0.606. The van der Waals surface area contributed by atoms with Crippen LogP contribution in [0.4, 0.5) is 0 Å². The maximum absolute atomic E-state index is 2.56. The first-order valence-electron chi connectivity index (χ1n) is 5.38. The topological polar surface area (TPSA) is 0 Å². The highest BCUT2D eigenvalue weighted by atomic mass is 28.3. The van der Waals surface area contributed by atoms with Crippen molar-refractivity contribution in [1.82, 2.24) is 0 Å². The summed E-state index contributed by atoms with van der Waals surface area (Å²) in [5.41, 5.74) is 4.02. The highest BCUT2D eigenvalue weighted by molar-refractivity contribution is 6.80. The van der Waals surface area contributed by atoms with Gasteiger partial charge in [-0.25, -0.2) is 0 Å². The second-order valence-corrected chi connectivity index (χ2v) is 10.1. The van der Waals surface area contributed by atoms with Crippen LogP contribution in [0.15, 0.2) is 36.0 Å². The lowest BCUT2D eigenvalue weighted by atomic mass is 10.2. The van der Waals surface area contributed by atoms with Gasteiger partial charge < -0.3 is 0 Å². The third kappa shape index (κ3) is 3.27. The van der Waals surface area contributed by atoms with E-state index in [-0.39, 0.29) is 0 Å². The standard InChI is InChI=1S/C12H20Si2/c1-13(2)10-12(14(3)4)11-8-6-5-7-9-11/h5-10,13-14H,1-4H3/b12-10-. The fraction of sp³-hybridized carbons (Fsp3) is 0.333. The minimum absolute atomic E-state index is 0.582. The van der Waals surface area contributed by atoms with E-state index in [9.17, 15) is 0 Å². The number of benzene rings is 1. The van der Waals surface area contributed by atoms with Crippen molar-refractivity contribution in [2.45, 2.75) is 26.2 Å². The Morgan fingerprint density at radius 2 is 1.57 bits per heavy atom. The van der Waals surface area contributed by atoms with Crippen LogP contribution >= 0.6 is 0 Å². The van der Waals surface area contributed by atoms with Crippen LogP contribution in [0.5, 0.6) is 0 Å². The van der Waals surface area contributed by atoms with Gasteiger partial charge in [-0.3, -0.25) is 0 Å². The van der Waals surface area contributed by atoms with Gasteiger partial charge in [0.2, 0.25) is 0 Å². The molecule has 0 aromatic heterocycles. The van der Waals surface area contributed by atoms with E-state index in [1.807, 2.05) is 0 Å². The van der Waals surface area contributed by atoms with Gasteiger partial charge in [0.05, 0.1) is 17.6 Å². The quantitative estimate of drug-likeness (QED) is 0.687. The monoisotopic (exact) mass is 220 g/mol. The zero-order valence-corrected chi connectivity index (χ0v) is 11.9. The summed E-state index contributed by atoms with van der Waals surface area (Å²) in [6.07, 6.45) is 0. The lowest BCUT2D eigenvalue weighted by molar-refractivity contribution is 1.64. The second-order valence-electron chi connectivity index (χ2n) is 4.39. The summed E-state index contributed by atoms with van der Waals surface area (Å²) in [5.74, 6) is 0. The largest absolute Gasteiger partial charge is 0.0986 e. The first kappa shape index (κ1) is 11.5. The normalized spacial score (nSPS) is 12.6. The summed E-state index contributed by atoms with van der Waals surface area (Å²) in [4.78, 5) is 0. The molecule has 0 heterocycles. The van der Waals surface area contributed by atoms with Crippen molar-refractivity contribution in [3.05, 3.63) is 41.6 Å². The van der Waals surface area contributed by atoms with Crippen molar-refractivity contribution >= 4 is 22.8 Å².